The second kappa shape index (κ2) is 5.86. The third-order valence-electron chi connectivity index (χ3n) is 2.90. The molecule has 2 rings (SSSR count). The number of rotatable bonds is 3. The van der Waals surface area contributed by atoms with E-state index >= 15 is 0 Å². The van der Waals surface area contributed by atoms with Gasteiger partial charge < -0.3 is 4.74 Å². The fraction of sp³-hybridized carbons (Fsp3) is 0.357. The molecule has 0 amide bonds. The van der Waals surface area contributed by atoms with Crippen LogP contribution in [0.15, 0.2) is 18.5 Å². The van der Waals surface area contributed by atoms with Crippen LogP contribution in [0.3, 0.4) is 0 Å². The number of halogens is 4. The van der Waals surface area contributed by atoms with Crippen LogP contribution in [0.1, 0.15) is 18.3 Å². The van der Waals surface area contributed by atoms with Gasteiger partial charge in [-0.15, -0.1) is 0 Å². The number of pyridine rings is 1. The molecule has 0 saturated heterocycles. The molecule has 0 aliphatic rings. The van der Waals surface area contributed by atoms with Crippen LogP contribution in [0.4, 0.5) is 17.6 Å². The minimum atomic E-state index is -4.59. The maximum atomic E-state index is 13.9. The highest BCUT2D eigenvalue weighted by Crippen LogP contribution is 2.27. The molecule has 4 nitrogen and oxygen atoms in total. The Hall–Kier alpha value is -2.25. The van der Waals surface area contributed by atoms with Crippen molar-refractivity contribution in [3.05, 3.63) is 35.7 Å². The van der Waals surface area contributed by atoms with Crippen molar-refractivity contribution in [2.24, 2.45) is 0 Å². The fourth-order valence-electron chi connectivity index (χ4n) is 1.76. The van der Waals surface area contributed by atoms with E-state index < -0.39 is 24.0 Å². The standard InChI is InChI=1S/C14H13F4N3O/c1-7-5-19-12(8(2)21-7)10-4-11(15)13(20-6-10)22-9(3)14(16,17)18/h4-6,9H,1-3H3. The maximum absolute atomic E-state index is 13.9. The van der Waals surface area contributed by atoms with Crippen LogP contribution in [-0.2, 0) is 0 Å². The average molecular weight is 315 g/mol. The quantitative estimate of drug-likeness (QED) is 0.812. The summed E-state index contributed by atoms with van der Waals surface area (Å²) in [7, 11) is 0. The lowest BCUT2D eigenvalue weighted by molar-refractivity contribution is -0.190. The van der Waals surface area contributed by atoms with E-state index in [-0.39, 0.29) is 0 Å². The monoisotopic (exact) mass is 315 g/mol. The Morgan fingerprint density at radius 1 is 1.14 bits per heavy atom. The van der Waals surface area contributed by atoms with Crippen molar-refractivity contribution in [2.45, 2.75) is 33.1 Å². The second-order valence-electron chi connectivity index (χ2n) is 4.76. The van der Waals surface area contributed by atoms with Crippen LogP contribution in [0.2, 0.25) is 0 Å². The van der Waals surface area contributed by atoms with Crippen LogP contribution in [0.5, 0.6) is 5.88 Å². The largest absolute Gasteiger partial charge is 0.463 e. The molecule has 2 aromatic heterocycles. The Bertz CT molecular complexity index is 688. The van der Waals surface area contributed by atoms with Gasteiger partial charge in [0.25, 0.3) is 5.88 Å². The Balaban J connectivity index is 2.30. The first-order chi connectivity index (χ1) is 10.2. The number of ether oxygens (including phenoxy) is 1. The Kier molecular flexibility index (Phi) is 4.30. The number of hydrogen-bond acceptors (Lipinski definition) is 4. The first-order valence-corrected chi connectivity index (χ1v) is 6.38. The molecule has 2 heterocycles. The van der Waals surface area contributed by atoms with Gasteiger partial charge in [-0.3, -0.25) is 9.97 Å². The summed E-state index contributed by atoms with van der Waals surface area (Å²) in [6.45, 7) is 4.24. The normalized spacial score (nSPS) is 13.0. The summed E-state index contributed by atoms with van der Waals surface area (Å²) in [5, 5.41) is 0. The van der Waals surface area contributed by atoms with E-state index in [1.807, 2.05) is 0 Å². The lowest BCUT2D eigenvalue weighted by Crippen LogP contribution is -2.31. The van der Waals surface area contributed by atoms with Crippen LogP contribution < -0.4 is 4.74 Å². The van der Waals surface area contributed by atoms with Gasteiger partial charge >= 0.3 is 6.18 Å². The highest BCUT2D eigenvalue weighted by atomic mass is 19.4. The Labute approximate surface area is 124 Å². The highest BCUT2D eigenvalue weighted by Gasteiger charge is 2.38. The number of aryl methyl sites for hydroxylation is 2. The van der Waals surface area contributed by atoms with Crippen molar-refractivity contribution in [1.82, 2.24) is 15.0 Å². The van der Waals surface area contributed by atoms with Crippen LogP contribution >= 0.6 is 0 Å². The summed E-state index contributed by atoms with van der Waals surface area (Å²) in [5.41, 5.74) is 1.99. The van der Waals surface area contributed by atoms with Crippen molar-refractivity contribution < 1.29 is 22.3 Å². The lowest BCUT2D eigenvalue weighted by atomic mass is 10.1. The predicted molar refractivity (Wildman–Crippen MR) is 70.8 cm³/mol. The fourth-order valence-corrected chi connectivity index (χ4v) is 1.76. The third kappa shape index (κ3) is 3.49. The molecular formula is C14H13F4N3O. The smallest absolute Gasteiger partial charge is 0.425 e. The van der Waals surface area contributed by atoms with Gasteiger partial charge in [0.05, 0.1) is 17.1 Å². The van der Waals surface area contributed by atoms with E-state index in [1.165, 1.54) is 12.4 Å². The molecule has 0 aliphatic carbocycles. The van der Waals surface area contributed by atoms with Crippen molar-refractivity contribution in [2.75, 3.05) is 0 Å². The molecule has 118 valence electrons. The minimum Gasteiger partial charge on any atom is -0.463 e. The SMILES string of the molecule is Cc1cnc(-c2cnc(OC(C)C(F)(F)F)c(F)c2)c(C)n1. The molecule has 0 spiro atoms. The average Bonchev–Trinajstić information content (AvgIpc) is 2.40. The molecule has 0 aliphatic heterocycles. The lowest BCUT2D eigenvalue weighted by Gasteiger charge is -2.17. The van der Waals surface area contributed by atoms with E-state index in [1.54, 1.807) is 13.8 Å². The molecule has 1 atom stereocenters. The zero-order valence-corrected chi connectivity index (χ0v) is 12.1. The van der Waals surface area contributed by atoms with E-state index in [2.05, 4.69) is 19.7 Å². The molecule has 0 saturated carbocycles. The molecule has 0 fully saturated rings. The van der Waals surface area contributed by atoms with E-state index in [0.717, 1.165) is 13.0 Å². The van der Waals surface area contributed by atoms with Crippen molar-refractivity contribution >= 4 is 0 Å². The van der Waals surface area contributed by atoms with E-state index in [0.29, 0.717) is 22.6 Å². The zero-order valence-electron chi connectivity index (χ0n) is 12.1. The van der Waals surface area contributed by atoms with Crippen LogP contribution in [0, 0.1) is 19.7 Å². The molecule has 2 aromatic rings. The summed E-state index contributed by atoms with van der Waals surface area (Å²) in [5.74, 6) is -1.69. The number of hydrogen-bond donors (Lipinski definition) is 0. The summed E-state index contributed by atoms with van der Waals surface area (Å²) in [6, 6.07) is 1.03. The molecular weight excluding hydrogens is 302 g/mol. The number of aromatic nitrogens is 3. The van der Waals surface area contributed by atoms with Gasteiger partial charge in [-0.05, 0) is 26.8 Å². The van der Waals surface area contributed by atoms with Gasteiger partial charge in [-0.25, -0.2) is 9.37 Å². The molecule has 22 heavy (non-hydrogen) atoms. The van der Waals surface area contributed by atoms with Gasteiger partial charge in [0, 0.05) is 18.0 Å². The second-order valence-corrected chi connectivity index (χ2v) is 4.76. The highest BCUT2D eigenvalue weighted by molar-refractivity contribution is 5.60. The minimum absolute atomic E-state index is 0.314. The summed E-state index contributed by atoms with van der Waals surface area (Å²) in [6.07, 6.45) is -4.03. The van der Waals surface area contributed by atoms with Crippen molar-refractivity contribution in [1.29, 1.82) is 0 Å². The first-order valence-electron chi connectivity index (χ1n) is 6.38. The van der Waals surface area contributed by atoms with Crippen molar-refractivity contribution in [3.8, 4) is 17.1 Å². The molecule has 8 heteroatoms. The van der Waals surface area contributed by atoms with Gasteiger partial charge in [0.2, 0.25) is 0 Å². The van der Waals surface area contributed by atoms with E-state index in [9.17, 15) is 17.6 Å². The number of alkyl halides is 3. The summed E-state index contributed by atoms with van der Waals surface area (Å²) >= 11 is 0. The summed E-state index contributed by atoms with van der Waals surface area (Å²) < 4.78 is 55.6. The molecule has 0 bridgehead atoms. The van der Waals surface area contributed by atoms with Gasteiger partial charge in [-0.2, -0.15) is 13.2 Å². The van der Waals surface area contributed by atoms with Gasteiger partial charge in [-0.1, -0.05) is 0 Å². The first kappa shape index (κ1) is 16.1. The van der Waals surface area contributed by atoms with Crippen molar-refractivity contribution in [3.63, 3.8) is 0 Å². The van der Waals surface area contributed by atoms with Gasteiger partial charge in [0.1, 0.15) is 0 Å². The van der Waals surface area contributed by atoms with Gasteiger partial charge in [0.15, 0.2) is 11.9 Å². The third-order valence-corrected chi connectivity index (χ3v) is 2.90. The Morgan fingerprint density at radius 2 is 1.82 bits per heavy atom. The maximum Gasteiger partial charge on any atom is 0.425 e. The molecule has 0 aromatic carbocycles. The Morgan fingerprint density at radius 3 is 2.36 bits per heavy atom. The zero-order chi connectivity index (χ0) is 16.5. The van der Waals surface area contributed by atoms with Crippen LogP contribution in [0.25, 0.3) is 11.3 Å². The molecule has 0 N–H and O–H groups in total. The van der Waals surface area contributed by atoms with Crippen LogP contribution in [-0.4, -0.2) is 27.2 Å². The predicted octanol–water partition coefficient (Wildman–Crippen LogP) is 3.62. The molecule has 1 unspecified atom stereocenters. The molecule has 0 radical (unpaired) electrons. The van der Waals surface area contributed by atoms with E-state index in [4.69, 9.17) is 0 Å². The number of nitrogens with zero attached hydrogens (tertiary/aromatic N) is 3. The topological polar surface area (TPSA) is 47.9 Å². The summed E-state index contributed by atoms with van der Waals surface area (Å²) in [4.78, 5) is 11.9.